The second-order valence-corrected chi connectivity index (χ2v) is 5.76. The minimum atomic E-state index is -0.695. The molecule has 0 amide bonds. The molecule has 100 valence electrons. The first-order chi connectivity index (χ1) is 8.31. The van der Waals surface area contributed by atoms with Crippen molar-refractivity contribution in [3.8, 4) is 12.3 Å². The van der Waals surface area contributed by atoms with Crippen molar-refractivity contribution in [3.63, 3.8) is 0 Å². The highest BCUT2D eigenvalue weighted by Crippen LogP contribution is 2.43. The average Bonchev–Trinajstić information content (AvgIpc) is 2.71. The van der Waals surface area contributed by atoms with Crippen LogP contribution in [-0.4, -0.2) is 42.3 Å². The Kier molecular flexibility index (Phi) is 2.54. The Balaban J connectivity index is 1.89. The topological polar surface area (TPSA) is 46.2 Å². The third-order valence-electron chi connectivity index (χ3n) is 3.32. The fraction of sp³-hybridized carbons (Fsp3) is 0.846. The Morgan fingerprint density at radius 1 is 0.833 bits per heavy atom. The Bertz CT molecular complexity index is 397. The summed E-state index contributed by atoms with van der Waals surface area (Å²) in [5.41, 5.74) is 0. The van der Waals surface area contributed by atoms with Crippen LogP contribution in [0.3, 0.4) is 0 Å². The molecule has 3 aliphatic heterocycles. The normalized spacial score (nSPS) is 48.3. The van der Waals surface area contributed by atoms with E-state index < -0.39 is 24.0 Å². The van der Waals surface area contributed by atoms with Gasteiger partial charge in [0.2, 0.25) is 0 Å². The van der Waals surface area contributed by atoms with Crippen LogP contribution >= 0.6 is 0 Å². The van der Waals surface area contributed by atoms with Gasteiger partial charge in [0.25, 0.3) is 0 Å². The van der Waals surface area contributed by atoms with Crippen LogP contribution in [0.2, 0.25) is 0 Å². The minimum absolute atomic E-state index is 0.262. The van der Waals surface area contributed by atoms with Crippen molar-refractivity contribution in [1.82, 2.24) is 0 Å². The van der Waals surface area contributed by atoms with Gasteiger partial charge in [-0.1, -0.05) is 5.92 Å². The molecule has 0 aromatic carbocycles. The van der Waals surface area contributed by atoms with Crippen molar-refractivity contribution in [3.05, 3.63) is 0 Å². The van der Waals surface area contributed by atoms with Crippen LogP contribution in [0.25, 0.3) is 0 Å². The molecule has 0 spiro atoms. The number of fused-ring (bicyclic) bond motifs is 3. The van der Waals surface area contributed by atoms with Crippen LogP contribution in [0.4, 0.5) is 0 Å². The van der Waals surface area contributed by atoms with E-state index in [0.717, 1.165) is 0 Å². The Hall–Kier alpha value is -0.640. The molecular weight excluding hydrogens is 236 g/mol. The third kappa shape index (κ3) is 1.85. The lowest BCUT2D eigenvalue weighted by molar-refractivity contribution is -0.220. The van der Waals surface area contributed by atoms with Gasteiger partial charge in [0.15, 0.2) is 17.9 Å². The highest BCUT2D eigenvalue weighted by molar-refractivity contribution is 5.10. The molecule has 0 aromatic rings. The highest BCUT2D eigenvalue weighted by Gasteiger charge is 2.60. The van der Waals surface area contributed by atoms with Gasteiger partial charge >= 0.3 is 0 Å². The van der Waals surface area contributed by atoms with Crippen LogP contribution in [-0.2, 0) is 23.7 Å². The van der Waals surface area contributed by atoms with Crippen LogP contribution < -0.4 is 0 Å². The predicted molar refractivity (Wildman–Crippen MR) is 61.4 cm³/mol. The summed E-state index contributed by atoms with van der Waals surface area (Å²) in [6, 6.07) is 0. The van der Waals surface area contributed by atoms with E-state index in [1.165, 1.54) is 0 Å². The Morgan fingerprint density at radius 3 is 2.06 bits per heavy atom. The lowest BCUT2D eigenvalue weighted by atomic mass is 9.99. The Morgan fingerprint density at radius 2 is 1.39 bits per heavy atom. The summed E-state index contributed by atoms with van der Waals surface area (Å²) in [4.78, 5) is 0. The molecule has 3 aliphatic rings. The third-order valence-corrected chi connectivity index (χ3v) is 3.32. The molecule has 0 aliphatic carbocycles. The van der Waals surface area contributed by atoms with Crippen molar-refractivity contribution in [2.24, 2.45) is 0 Å². The molecule has 18 heavy (non-hydrogen) atoms. The highest BCUT2D eigenvalue weighted by atomic mass is 16.9. The van der Waals surface area contributed by atoms with Crippen molar-refractivity contribution in [2.75, 3.05) is 0 Å². The lowest BCUT2D eigenvalue weighted by Crippen LogP contribution is -2.54. The zero-order valence-electron chi connectivity index (χ0n) is 11.0. The number of terminal acetylenes is 1. The molecule has 5 nitrogen and oxygen atoms in total. The maximum absolute atomic E-state index is 5.89. The van der Waals surface area contributed by atoms with Crippen LogP contribution in [0.5, 0.6) is 0 Å². The zero-order chi connectivity index (χ0) is 13.1. The van der Waals surface area contributed by atoms with Gasteiger partial charge in [-0.15, -0.1) is 6.42 Å². The summed E-state index contributed by atoms with van der Waals surface area (Å²) in [6.07, 6.45) is 3.63. The summed E-state index contributed by atoms with van der Waals surface area (Å²) in [5.74, 6) is 1.21. The molecule has 0 radical (unpaired) electrons. The van der Waals surface area contributed by atoms with Gasteiger partial charge in [-0.2, -0.15) is 0 Å². The van der Waals surface area contributed by atoms with E-state index in [2.05, 4.69) is 5.92 Å². The summed E-state index contributed by atoms with van der Waals surface area (Å²) in [5, 5.41) is 0. The first-order valence-electron chi connectivity index (χ1n) is 6.14. The maximum atomic E-state index is 5.89. The van der Waals surface area contributed by atoms with E-state index in [1.807, 2.05) is 27.7 Å². The molecule has 0 aromatic heterocycles. The fourth-order valence-electron chi connectivity index (χ4n) is 2.75. The monoisotopic (exact) mass is 254 g/mol. The first kappa shape index (κ1) is 12.4. The quantitative estimate of drug-likeness (QED) is 0.604. The molecule has 0 saturated carbocycles. The number of rotatable bonds is 0. The van der Waals surface area contributed by atoms with E-state index in [0.29, 0.717) is 0 Å². The van der Waals surface area contributed by atoms with Gasteiger partial charge in [0, 0.05) is 0 Å². The first-order valence-corrected chi connectivity index (χ1v) is 6.14. The average molecular weight is 254 g/mol. The zero-order valence-corrected chi connectivity index (χ0v) is 11.0. The smallest absolute Gasteiger partial charge is 0.191 e. The second kappa shape index (κ2) is 3.69. The van der Waals surface area contributed by atoms with E-state index in [4.69, 9.17) is 30.1 Å². The lowest BCUT2D eigenvalue weighted by Gasteiger charge is -2.34. The number of hydrogen-bond acceptors (Lipinski definition) is 5. The minimum Gasteiger partial charge on any atom is -0.341 e. The van der Waals surface area contributed by atoms with E-state index in [9.17, 15) is 0 Å². The van der Waals surface area contributed by atoms with Gasteiger partial charge < -0.3 is 23.7 Å². The molecular formula is C13H18O5. The summed E-state index contributed by atoms with van der Waals surface area (Å²) >= 11 is 0. The van der Waals surface area contributed by atoms with Gasteiger partial charge in [-0.25, -0.2) is 0 Å². The van der Waals surface area contributed by atoms with Gasteiger partial charge in [-0.3, -0.25) is 0 Å². The van der Waals surface area contributed by atoms with Gasteiger partial charge in [-0.05, 0) is 27.7 Å². The van der Waals surface area contributed by atoms with Crippen molar-refractivity contribution in [2.45, 2.75) is 70.0 Å². The van der Waals surface area contributed by atoms with E-state index in [-0.39, 0.29) is 18.3 Å². The van der Waals surface area contributed by atoms with Crippen LogP contribution in [0, 0.1) is 12.3 Å². The largest absolute Gasteiger partial charge is 0.341 e. The number of ether oxygens (including phenoxy) is 5. The number of hydrogen-bond donors (Lipinski definition) is 0. The van der Waals surface area contributed by atoms with Gasteiger partial charge in [0.1, 0.15) is 24.4 Å². The van der Waals surface area contributed by atoms with Crippen LogP contribution in [0.1, 0.15) is 27.7 Å². The summed E-state index contributed by atoms with van der Waals surface area (Å²) in [6.45, 7) is 7.40. The van der Waals surface area contributed by atoms with Crippen molar-refractivity contribution < 1.29 is 23.7 Å². The second-order valence-electron chi connectivity index (χ2n) is 5.76. The van der Waals surface area contributed by atoms with Crippen molar-refractivity contribution >= 4 is 0 Å². The molecule has 3 heterocycles. The van der Waals surface area contributed by atoms with Crippen LogP contribution in [0.15, 0.2) is 0 Å². The standard InChI is InChI=1S/C13H18O5/c1-6-7-8-9(16-12(2,3)15-8)10-11(14-7)18-13(4,5)17-10/h1,7-11H,2-5H3/t7-,8?,9?,10?,11?/m1/s1. The fourth-order valence-corrected chi connectivity index (χ4v) is 2.75. The molecule has 4 unspecified atom stereocenters. The van der Waals surface area contributed by atoms with Crippen molar-refractivity contribution in [1.29, 1.82) is 0 Å². The van der Waals surface area contributed by atoms with E-state index >= 15 is 0 Å². The maximum Gasteiger partial charge on any atom is 0.191 e. The predicted octanol–water partition coefficient (Wildman–Crippen LogP) is 1.02. The molecule has 3 saturated heterocycles. The van der Waals surface area contributed by atoms with Gasteiger partial charge in [0.05, 0.1) is 0 Å². The molecule has 3 rings (SSSR count). The molecule has 0 N–H and O–H groups in total. The molecule has 3 fully saturated rings. The Labute approximate surface area is 107 Å². The van der Waals surface area contributed by atoms with E-state index in [1.54, 1.807) is 0 Å². The summed E-state index contributed by atoms with van der Waals surface area (Å²) in [7, 11) is 0. The summed E-state index contributed by atoms with van der Waals surface area (Å²) < 4.78 is 28.9. The molecule has 0 bridgehead atoms. The SMILES string of the molecule is C#C[C@H]1OC2OC(C)(C)OC2C2OC(C)(C)OC21. The molecule has 5 heteroatoms. The molecule has 5 atom stereocenters.